The van der Waals surface area contributed by atoms with Gasteiger partial charge < -0.3 is 14.5 Å². The zero-order valence-electron chi connectivity index (χ0n) is 34.3. The van der Waals surface area contributed by atoms with Gasteiger partial charge in [0.05, 0.1) is 22.4 Å². The fourth-order valence-corrected chi connectivity index (χ4v) is 8.38. The lowest BCUT2D eigenvalue weighted by Crippen LogP contribution is -2.25. The zero-order chi connectivity index (χ0) is 39.6. The third-order valence-corrected chi connectivity index (χ3v) is 11.5. The highest BCUT2D eigenvalue weighted by Crippen LogP contribution is 2.46. The molecule has 0 bridgehead atoms. The second-order valence-corrected chi connectivity index (χ2v) is 17.5. The Kier molecular flexibility index (Phi) is 8.73. The average Bonchev–Trinajstić information content (AvgIpc) is 3.74. The Balaban J connectivity index is 1.09. The summed E-state index contributed by atoms with van der Waals surface area (Å²) in [7, 11) is 0. The number of aromatic nitrogens is 2. The van der Waals surface area contributed by atoms with E-state index in [2.05, 4.69) is 203 Å². The number of hydrogen-bond acceptors (Lipinski definition) is 4. The minimum absolute atomic E-state index is 0.0264. The van der Waals surface area contributed by atoms with Crippen molar-refractivity contribution in [3.8, 4) is 28.4 Å². The van der Waals surface area contributed by atoms with Crippen LogP contribution in [0, 0.1) is 13.8 Å². The molecule has 284 valence electrons. The van der Waals surface area contributed by atoms with Gasteiger partial charge in [-0.2, -0.15) is 0 Å². The van der Waals surface area contributed by atoms with E-state index in [0.717, 1.165) is 50.6 Å². The van der Waals surface area contributed by atoms with Gasteiger partial charge in [0, 0.05) is 46.0 Å². The molecule has 0 saturated heterocycles. The lowest BCUT2D eigenvalue weighted by Gasteiger charge is -2.29. The van der Waals surface area contributed by atoms with E-state index in [4.69, 9.17) is 9.72 Å². The van der Waals surface area contributed by atoms with Crippen LogP contribution in [0.2, 0.25) is 0 Å². The van der Waals surface area contributed by atoms with Crippen LogP contribution in [0.5, 0.6) is 11.5 Å². The monoisotopic (exact) mass is 746 g/mol. The Morgan fingerprint density at radius 1 is 0.544 bits per heavy atom. The molecule has 3 heterocycles. The summed E-state index contributed by atoms with van der Waals surface area (Å²) in [6.45, 7) is 18.8. The van der Waals surface area contributed by atoms with E-state index < -0.39 is 0 Å². The molecule has 6 aromatic carbocycles. The van der Waals surface area contributed by atoms with Crippen LogP contribution in [0.1, 0.15) is 63.8 Å². The van der Waals surface area contributed by atoms with Gasteiger partial charge >= 0.3 is 0 Å². The van der Waals surface area contributed by atoms with Crippen molar-refractivity contribution in [2.75, 3.05) is 16.5 Å². The lowest BCUT2D eigenvalue weighted by molar-refractivity contribution is 0.483. The fourth-order valence-electron chi connectivity index (χ4n) is 8.38. The number of ether oxygens (including phenoxy) is 1. The Hall–Kier alpha value is -6.33. The summed E-state index contributed by atoms with van der Waals surface area (Å²) < 4.78 is 9.04. The molecule has 1 aliphatic rings. The number of nitrogens with zero attached hydrogens (tertiary/aromatic N) is 4. The molecule has 0 fully saturated rings. The van der Waals surface area contributed by atoms with Crippen molar-refractivity contribution in [3.05, 3.63) is 168 Å². The fraction of sp³-hybridized carbons (Fsp3) is 0.212. The molecule has 5 nitrogen and oxygen atoms in total. The van der Waals surface area contributed by atoms with Gasteiger partial charge in [0.25, 0.3) is 0 Å². The van der Waals surface area contributed by atoms with Gasteiger partial charge in [-0.05, 0) is 107 Å². The summed E-state index contributed by atoms with van der Waals surface area (Å²) in [5.74, 6) is 2.48. The smallest absolute Gasteiger partial charge is 0.141 e. The SMILES string of the molecule is Cc1cnc(-n2c3ccccc3c3ccc(Oc4cccc(N5CN(c6cc(C(C)(C)C)cc(C(C)(C)C)c6)c6ccccc65)c4)cc32)c(C)c1-c1ccccc1. The summed E-state index contributed by atoms with van der Waals surface area (Å²) in [5.41, 5.74) is 14.3. The topological polar surface area (TPSA) is 33.5 Å². The molecule has 0 N–H and O–H groups in total. The van der Waals surface area contributed by atoms with Crippen LogP contribution in [0.25, 0.3) is 38.8 Å². The zero-order valence-corrected chi connectivity index (χ0v) is 34.3. The average molecular weight is 747 g/mol. The molecular weight excluding hydrogens is 697 g/mol. The van der Waals surface area contributed by atoms with E-state index in [1.165, 1.54) is 44.7 Å². The Labute approximate surface area is 336 Å². The van der Waals surface area contributed by atoms with Gasteiger partial charge in [-0.25, -0.2) is 4.98 Å². The third kappa shape index (κ3) is 6.51. The van der Waals surface area contributed by atoms with E-state index >= 15 is 0 Å². The molecule has 57 heavy (non-hydrogen) atoms. The van der Waals surface area contributed by atoms with Crippen LogP contribution in [0.15, 0.2) is 146 Å². The molecule has 0 aliphatic carbocycles. The summed E-state index contributed by atoms with van der Waals surface area (Å²) in [6, 6.07) is 50.0. The van der Waals surface area contributed by atoms with Crippen LogP contribution in [0.4, 0.5) is 22.7 Å². The normalized spacial score (nSPS) is 13.1. The first kappa shape index (κ1) is 36.3. The van der Waals surface area contributed by atoms with Gasteiger partial charge in [-0.1, -0.05) is 114 Å². The largest absolute Gasteiger partial charge is 0.457 e. The van der Waals surface area contributed by atoms with E-state index in [1.807, 2.05) is 12.3 Å². The number of fused-ring (bicyclic) bond motifs is 4. The third-order valence-electron chi connectivity index (χ3n) is 11.5. The van der Waals surface area contributed by atoms with Crippen molar-refractivity contribution >= 4 is 44.6 Å². The van der Waals surface area contributed by atoms with E-state index in [1.54, 1.807) is 0 Å². The molecule has 8 aromatic rings. The molecule has 0 radical (unpaired) electrons. The first-order valence-corrected chi connectivity index (χ1v) is 20.0. The number of pyridine rings is 1. The predicted octanol–water partition coefficient (Wildman–Crippen LogP) is 14.1. The van der Waals surface area contributed by atoms with E-state index in [-0.39, 0.29) is 10.8 Å². The van der Waals surface area contributed by atoms with Crippen molar-refractivity contribution in [1.29, 1.82) is 0 Å². The second-order valence-electron chi connectivity index (χ2n) is 17.5. The van der Waals surface area contributed by atoms with Crippen LogP contribution in [-0.2, 0) is 10.8 Å². The highest BCUT2D eigenvalue weighted by molar-refractivity contribution is 6.09. The van der Waals surface area contributed by atoms with Gasteiger partial charge in [0.2, 0.25) is 0 Å². The molecule has 2 aromatic heterocycles. The first-order chi connectivity index (χ1) is 27.3. The van der Waals surface area contributed by atoms with Crippen molar-refractivity contribution < 1.29 is 4.74 Å². The quantitative estimate of drug-likeness (QED) is 0.170. The molecule has 0 saturated carbocycles. The van der Waals surface area contributed by atoms with Crippen LogP contribution in [-0.4, -0.2) is 16.2 Å². The molecule has 5 heteroatoms. The number of benzene rings is 6. The first-order valence-electron chi connectivity index (χ1n) is 20.0. The number of aryl methyl sites for hydroxylation is 1. The van der Waals surface area contributed by atoms with Gasteiger partial charge in [-0.15, -0.1) is 0 Å². The van der Waals surface area contributed by atoms with Crippen LogP contribution < -0.4 is 14.5 Å². The number of para-hydroxylation sites is 3. The van der Waals surface area contributed by atoms with Crippen molar-refractivity contribution in [2.45, 2.75) is 66.2 Å². The predicted molar refractivity (Wildman–Crippen MR) is 239 cm³/mol. The minimum atomic E-state index is 0.0264. The molecule has 9 rings (SSSR count). The standard InChI is InChI=1S/C52H50N4O/c1-34-32-53-50(35(2)49(34)36-17-10-9-11-18-36)56-45-22-13-12-21-43(45)44-26-25-42(31-48(44)56)57-41-20-16-19-39(30-41)54-33-55(47-24-15-14-23-46(47)54)40-28-37(51(3,4)5)27-38(29-40)52(6,7)8/h9-32H,33H2,1-8H3. The van der Waals surface area contributed by atoms with Crippen molar-refractivity contribution in [3.63, 3.8) is 0 Å². The Bertz CT molecular complexity index is 2770. The van der Waals surface area contributed by atoms with Crippen LogP contribution in [0.3, 0.4) is 0 Å². The molecular formula is C52H50N4O. The Morgan fingerprint density at radius 2 is 1.16 bits per heavy atom. The summed E-state index contributed by atoms with van der Waals surface area (Å²) in [6.07, 6.45) is 2.00. The highest BCUT2D eigenvalue weighted by Gasteiger charge is 2.30. The minimum Gasteiger partial charge on any atom is -0.457 e. The number of hydrogen-bond donors (Lipinski definition) is 0. The maximum absolute atomic E-state index is 6.75. The molecule has 0 unspecified atom stereocenters. The summed E-state index contributed by atoms with van der Waals surface area (Å²) in [4.78, 5) is 9.91. The van der Waals surface area contributed by atoms with E-state index in [0.29, 0.717) is 6.67 Å². The molecule has 0 atom stereocenters. The van der Waals surface area contributed by atoms with Crippen molar-refractivity contribution in [1.82, 2.24) is 9.55 Å². The molecule has 0 amide bonds. The second kappa shape index (κ2) is 13.7. The van der Waals surface area contributed by atoms with Gasteiger partial charge in [0.15, 0.2) is 0 Å². The highest BCUT2D eigenvalue weighted by atomic mass is 16.5. The van der Waals surface area contributed by atoms with Gasteiger partial charge in [-0.3, -0.25) is 4.57 Å². The van der Waals surface area contributed by atoms with Gasteiger partial charge in [0.1, 0.15) is 24.0 Å². The maximum atomic E-state index is 6.75. The Morgan fingerprint density at radius 3 is 1.86 bits per heavy atom. The van der Waals surface area contributed by atoms with E-state index in [9.17, 15) is 0 Å². The van der Waals surface area contributed by atoms with Crippen molar-refractivity contribution in [2.24, 2.45) is 0 Å². The lowest BCUT2D eigenvalue weighted by atomic mass is 9.80. The number of anilines is 4. The summed E-state index contributed by atoms with van der Waals surface area (Å²) in [5, 5.41) is 2.35. The summed E-state index contributed by atoms with van der Waals surface area (Å²) >= 11 is 0. The maximum Gasteiger partial charge on any atom is 0.141 e. The molecule has 0 spiro atoms. The number of rotatable bonds is 6. The van der Waals surface area contributed by atoms with Crippen LogP contribution >= 0.6 is 0 Å². The molecule has 1 aliphatic heterocycles.